The van der Waals surface area contributed by atoms with Crippen molar-refractivity contribution in [2.75, 3.05) is 6.61 Å². The zero-order chi connectivity index (χ0) is 19.1. The fourth-order valence-corrected chi connectivity index (χ4v) is 5.88. The Balaban J connectivity index is 1.85. The van der Waals surface area contributed by atoms with Crippen molar-refractivity contribution in [2.24, 2.45) is 17.3 Å². The highest BCUT2D eigenvalue weighted by atomic mass is 16.5. The van der Waals surface area contributed by atoms with E-state index in [1.165, 1.54) is 12.2 Å². The molecule has 26 heavy (non-hydrogen) atoms. The minimum atomic E-state index is -1.85. The first-order valence-electron chi connectivity index (χ1n) is 9.46. The van der Waals surface area contributed by atoms with E-state index in [0.717, 1.165) is 5.57 Å². The molecule has 0 aromatic rings. The summed E-state index contributed by atoms with van der Waals surface area (Å²) in [5, 5.41) is 45.1. The zero-order valence-corrected chi connectivity index (χ0v) is 15.5. The van der Waals surface area contributed by atoms with Crippen LogP contribution in [0.15, 0.2) is 23.3 Å². The Morgan fingerprint density at radius 2 is 1.88 bits per heavy atom. The first-order chi connectivity index (χ1) is 12.0. The Hall–Kier alpha value is -1.21. The van der Waals surface area contributed by atoms with Gasteiger partial charge in [0.15, 0.2) is 0 Å². The van der Waals surface area contributed by atoms with E-state index in [1.54, 1.807) is 13.8 Å². The van der Waals surface area contributed by atoms with Crippen molar-refractivity contribution in [3.8, 4) is 0 Å². The molecular weight excluding hydrogens is 336 g/mol. The van der Waals surface area contributed by atoms with Crippen molar-refractivity contribution in [3.63, 3.8) is 0 Å². The Labute approximate surface area is 153 Å². The average Bonchev–Trinajstić information content (AvgIpc) is 2.96. The molecule has 0 radical (unpaired) electrons. The largest absolute Gasteiger partial charge is 0.458 e. The third-order valence-electron chi connectivity index (χ3n) is 7.83. The molecule has 1 fully saturated rings. The highest BCUT2D eigenvalue weighted by Gasteiger charge is 2.72. The van der Waals surface area contributed by atoms with E-state index >= 15 is 0 Å². The van der Waals surface area contributed by atoms with Gasteiger partial charge in [-0.3, -0.25) is 0 Å². The Morgan fingerprint density at radius 3 is 2.54 bits per heavy atom. The van der Waals surface area contributed by atoms with Crippen molar-refractivity contribution in [1.82, 2.24) is 0 Å². The van der Waals surface area contributed by atoms with Crippen LogP contribution in [-0.2, 0) is 9.53 Å². The maximum Gasteiger partial charge on any atom is 0.334 e. The van der Waals surface area contributed by atoms with Gasteiger partial charge in [0.2, 0.25) is 0 Å². The number of ether oxygens (including phenoxy) is 1. The lowest BCUT2D eigenvalue weighted by molar-refractivity contribution is -0.294. The molecule has 4 aliphatic rings. The molecule has 3 aliphatic carbocycles. The highest BCUT2D eigenvalue weighted by molar-refractivity contribution is 5.92. The maximum atomic E-state index is 11.9. The monoisotopic (exact) mass is 364 g/mol. The number of aliphatic hydroxyl groups is 4. The second kappa shape index (κ2) is 5.19. The Morgan fingerprint density at radius 1 is 1.19 bits per heavy atom. The predicted octanol–water partition coefficient (Wildman–Crippen LogP) is 0.830. The highest BCUT2D eigenvalue weighted by Crippen LogP contribution is 2.64. The fourth-order valence-electron chi connectivity index (χ4n) is 5.88. The number of rotatable bonds is 1. The summed E-state index contributed by atoms with van der Waals surface area (Å²) in [7, 11) is 0. The summed E-state index contributed by atoms with van der Waals surface area (Å²) >= 11 is 0. The van der Waals surface area contributed by atoms with E-state index < -0.39 is 28.3 Å². The van der Waals surface area contributed by atoms with Gasteiger partial charge in [0.05, 0.1) is 0 Å². The molecule has 0 amide bonds. The van der Waals surface area contributed by atoms with Crippen molar-refractivity contribution >= 4 is 5.97 Å². The van der Waals surface area contributed by atoms with Crippen LogP contribution in [0.3, 0.4) is 0 Å². The van der Waals surface area contributed by atoms with Crippen molar-refractivity contribution in [2.45, 2.75) is 69.4 Å². The molecule has 144 valence electrons. The summed E-state index contributed by atoms with van der Waals surface area (Å²) in [4.78, 5) is 11.9. The van der Waals surface area contributed by atoms with Gasteiger partial charge in [-0.2, -0.15) is 0 Å². The van der Waals surface area contributed by atoms with Crippen LogP contribution in [0.4, 0.5) is 0 Å². The fraction of sp³-hybridized carbons (Fsp3) is 0.750. The third kappa shape index (κ3) is 1.84. The molecule has 6 nitrogen and oxygen atoms in total. The summed E-state index contributed by atoms with van der Waals surface area (Å²) in [6.45, 7) is 5.69. The number of carbonyl (C=O) groups excluding carboxylic acids is 1. The zero-order valence-electron chi connectivity index (χ0n) is 15.5. The molecule has 4 N–H and O–H groups in total. The van der Waals surface area contributed by atoms with Crippen LogP contribution < -0.4 is 0 Å². The van der Waals surface area contributed by atoms with Crippen LogP contribution in [0.25, 0.3) is 0 Å². The lowest BCUT2D eigenvalue weighted by atomic mass is 9.44. The van der Waals surface area contributed by atoms with Crippen LogP contribution in [0, 0.1) is 17.3 Å². The summed E-state index contributed by atoms with van der Waals surface area (Å²) < 4.78 is 5.21. The summed E-state index contributed by atoms with van der Waals surface area (Å²) in [5.41, 5.74) is -4.29. The topological polar surface area (TPSA) is 107 Å². The Bertz CT molecular complexity index is 726. The third-order valence-corrected chi connectivity index (χ3v) is 7.83. The second-order valence-electron chi connectivity index (χ2n) is 9.06. The number of fused-ring (bicyclic) bond motifs is 4. The van der Waals surface area contributed by atoms with Crippen LogP contribution in [0.2, 0.25) is 0 Å². The van der Waals surface area contributed by atoms with Crippen LogP contribution in [0.5, 0.6) is 0 Å². The van der Waals surface area contributed by atoms with E-state index in [-0.39, 0.29) is 30.8 Å². The van der Waals surface area contributed by atoms with E-state index in [2.05, 4.69) is 0 Å². The normalized spacial score (nSPS) is 50.4. The van der Waals surface area contributed by atoms with Gasteiger partial charge in [0.1, 0.15) is 29.5 Å². The molecule has 1 heterocycles. The van der Waals surface area contributed by atoms with Gasteiger partial charge in [0, 0.05) is 11.0 Å². The summed E-state index contributed by atoms with van der Waals surface area (Å²) in [6.07, 6.45) is 3.08. The lowest BCUT2D eigenvalue weighted by Crippen LogP contribution is -2.77. The molecule has 0 saturated heterocycles. The van der Waals surface area contributed by atoms with Crippen molar-refractivity contribution in [3.05, 3.63) is 23.3 Å². The van der Waals surface area contributed by atoms with Gasteiger partial charge in [-0.05, 0) is 43.1 Å². The maximum absolute atomic E-state index is 11.9. The molecule has 0 aromatic heterocycles. The number of cyclic esters (lactones) is 1. The molecule has 1 unspecified atom stereocenters. The van der Waals surface area contributed by atoms with Gasteiger partial charge in [-0.15, -0.1) is 0 Å². The SMILES string of the molecule is CC(C)[C@@]1(O)C=C[C@]2(O)[C@@](O)(CCC3C4=C(CC[C@]32C)C(=O)OC4)[C@@H]1O. The number of esters is 1. The molecule has 0 bridgehead atoms. The number of hydrogen-bond acceptors (Lipinski definition) is 6. The molecule has 1 saturated carbocycles. The first-order valence-corrected chi connectivity index (χ1v) is 9.46. The van der Waals surface area contributed by atoms with Crippen LogP contribution >= 0.6 is 0 Å². The predicted molar refractivity (Wildman–Crippen MR) is 92.9 cm³/mol. The summed E-state index contributed by atoms with van der Waals surface area (Å²) in [6, 6.07) is 0. The van der Waals surface area contributed by atoms with Gasteiger partial charge >= 0.3 is 5.97 Å². The lowest BCUT2D eigenvalue weighted by Gasteiger charge is -2.65. The van der Waals surface area contributed by atoms with Crippen LogP contribution in [-0.4, -0.2) is 55.9 Å². The molecule has 6 heteroatoms. The number of hydrogen-bond donors (Lipinski definition) is 4. The van der Waals surface area contributed by atoms with E-state index in [4.69, 9.17) is 4.74 Å². The minimum absolute atomic E-state index is 0.106. The van der Waals surface area contributed by atoms with Crippen LogP contribution in [0.1, 0.15) is 46.5 Å². The molecule has 0 spiro atoms. The van der Waals surface area contributed by atoms with Gasteiger partial charge in [-0.1, -0.05) is 32.9 Å². The Kier molecular flexibility index (Phi) is 3.63. The minimum Gasteiger partial charge on any atom is -0.458 e. The smallest absolute Gasteiger partial charge is 0.334 e. The number of carbonyl (C=O) groups is 1. The van der Waals surface area contributed by atoms with E-state index in [0.29, 0.717) is 24.8 Å². The van der Waals surface area contributed by atoms with Gasteiger partial charge in [-0.25, -0.2) is 4.79 Å². The molecule has 6 atom stereocenters. The second-order valence-corrected chi connectivity index (χ2v) is 9.06. The molecule has 4 rings (SSSR count). The van der Waals surface area contributed by atoms with Gasteiger partial charge in [0.25, 0.3) is 0 Å². The van der Waals surface area contributed by atoms with Crippen molar-refractivity contribution < 1.29 is 30.0 Å². The van der Waals surface area contributed by atoms with Gasteiger partial charge < -0.3 is 25.2 Å². The standard InChI is InChI=1S/C20H28O6/c1-11(2)18(23)8-9-20(25)17(3)6-4-12-13(10-26-15(12)21)14(17)5-7-19(20,24)16(18)22/h8-9,11,14,16,22-25H,4-7,10H2,1-3H3/t14?,16-,17-,18+,19-,20-/m1/s1. The van der Waals surface area contributed by atoms with E-state index in [9.17, 15) is 25.2 Å². The number of aliphatic hydroxyl groups excluding tert-OH is 1. The van der Waals surface area contributed by atoms with Crippen molar-refractivity contribution in [1.29, 1.82) is 0 Å². The first kappa shape index (κ1) is 18.2. The quantitative estimate of drug-likeness (QED) is 0.406. The molecule has 1 aliphatic heterocycles. The van der Waals surface area contributed by atoms with E-state index in [1.807, 2.05) is 6.92 Å². The molecule has 0 aromatic carbocycles. The summed E-state index contributed by atoms with van der Waals surface area (Å²) in [5.74, 6) is -0.706. The molecular formula is C20H28O6. The average molecular weight is 364 g/mol.